The van der Waals surface area contributed by atoms with Crippen molar-refractivity contribution in [2.45, 2.75) is 0 Å². The Kier molecular flexibility index (Phi) is 3.93. The monoisotopic (exact) mass is 404 g/mol. The van der Waals surface area contributed by atoms with Crippen molar-refractivity contribution in [2.75, 3.05) is 0 Å². The maximum absolute atomic E-state index is 13.5. The second-order valence-electron chi connectivity index (χ2n) is 7.60. The molecule has 0 saturated heterocycles. The van der Waals surface area contributed by atoms with Crippen molar-refractivity contribution in [2.24, 2.45) is 0 Å². The number of fused-ring (bicyclic) bond motifs is 8. The smallest absolute Gasteiger partial charge is 0.123 e. The zero-order chi connectivity index (χ0) is 20.8. The van der Waals surface area contributed by atoms with Crippen LogP contribution in [0.2, 0.25) is 0 Å². The van der Waals surface area contributed by atoms with E-state index in [4.69, 9.17) is 4.98 Å². The van der Waals surface area contributed by atoms with Crippen molar-refractivity contribution in [3.05, 3.63) is 107 Å². The van der Waals surface area contributed by atoms with Gasteiger partial charge < -0.3 is 9.97 Å². The fraction of sp³-hybridized carbons (Fsp3) is 0. The molecule has 4 nitrogen and oxygen atoms in total. The molecule has 1 aromatic carbocycles. The van der Waals surface area contributed by atoms with Crippen LogP contribution < -0.4 is 0 Å². The van der Waals surface area contributed by atoms with Gasteiger partial charge in [-0.15, -0.1) is 0 Å². The molecule has 31 heavy (non-hydrogen) atoms. The van der Waals surface area contributed by atoms with Crippen LogP contribution in [0.1, 0.15) is 28.3 Å². The molecule has 0 spiro atoms. The lowest BCUT2D eigenvalue weighted by Crippen LogP contribution is -1.85. The number of nitrogens with zero attached hydrogens (tertiary/aromatic N) is 2. The number of aromatic nitrogens is 4. The predicted molar refractivity (Wildman–Crippen MR) is 123 cm³/mol. The predicted octanol–water partition coefficient (Wildman–Crippen LogP) is 6.21. The molecule has 0 amide bonds. The molecular weight excluding hydrogens is 387 g/mol. The molecule has 2 aliphatic heterocycles. The molecule has 8 bridgehead atoms. The number of aromatic amines is 2. The summed E-state index contributed by atoms with van der Waals surface area (Å²) in [6.45, 7) is 0. The minimum absolute atomic E-state index is 0.255. The second kappa shape index (κ2) is 6.92. The summed E-state index contributed by atoms with van der Waals surface area (Å²) in [5, 5.41) is 0. The van der Waals surface area contributed by atoms with Crippen LogP contribution in [0.5, 0.6) is 0 Å². The van der Waals surface area contributed by atoms with E-state index >= 15 is 0 Å². The van der Waals surface area contributed by atoms with Crippen LogP contribution in [-0.2, 0) is 0 Å². The van der Waals surface area contributed by atoms with Gasteiger partial charge in [-0.1, -0.05) is 12.1 Å². The second-order valence-corrected chi connectivity index (χ2v) is 7.60. The first kappa shape index (κ1) is 17.6. The van der Waals surface area contributed by atoms with Crippen molar-refractivity contribution in [1.82, 2.24) is 19.9 Å². The van der Waals surface area contributed by atoms with Gasteiger partial charge in [-0.05, 0) is 84.5 Å². The molecule has 0 fully saturated rings. The third-order valence-electron chi connectivity index (χ3n) is 5.32. The Balaban J connectivity index is 1.63. The summed E-state index contributed by atoms with van der Waals surface area (Å²) >= 11 is 0. The van der Waals surface area contributed by atoms with E-state index in [1.807, 2.05) is 66.8 Å². The third kappa shape index (κ3) is 3.46. The standard InChI is InChI=1S/C26H17FN4/c27-17-3-1-16(2-4-17)25-14-24-13-22-8-7-20(29-22)11-18-5-6-19(28-18)12-21-9-10-23(30-21)15-26(25)31-24/h1-15,29-30H. The molecule has 148 valence electrons. The van der Waals surface area contributed by atoms with E-state index in [-0.39, 0.29) is 5.82 Å². The Bertz CT molecular complexity index is 1540. The molecule has 5 heteroatoms. The Morgan fingerprint density at radius 2 is 1.13 bits per heavy atom. The van der Waals surface area contributed by atoms with Gasteiger partial charge in [0.1, 0.15) is 5.82 Å². The van der Waals surface area contributed by atoms with E-state index < -0.39 is 0 Å². The lowest BCUT2D eigenvalue weighted by molar-refractivity contribution is 0.627. The van der Waals surface area contributed by atoms with Gasteiger partial charge in [0.2, 0.25) is 0 Å². The molecule has 6 rings (SSSR count). The van der Waals surface area contributed by atoms with Crippen LogP contribution in [0.15, 0.2) is 72.8 Å². The number of hydrogen-bond acceptors (Lipinski definition) is 2. The molecule has 0 unspecified atom stereocenters. The summed E-state index contributed by atoms with van der Waals surface area (Å²) in [5.74, 6) is -0.255. The van der Waals surface area contributed by atoms with Crippen LogP contribution in [-0.4, -0.2) is 19.9 Å². The summed E-state index contributed by atoms with van der Waals surface area (Å²) in [6, 6.07) is 22.6. The quantitative estimate of drug-likeness (QED) is 0.342. The summed E-state index contributed by atoms with van der Waals surface area (Å²) < 4.78 is 13.5. The minimum Gasteiger partial charge on any atom is -0.355 e. The van der Waals surface area contributed by atoms with Crippen LogP contribution in [0, 0.1) is 5.82 Å². The Morgan fingerprint density at radius 1 is 0.581 bits per heavy atom. The third-order valence-corrected chi connectivity index (χ3v) is 5.32. The highest BCUT2D eigenvalue weighted by atomic mass is 19.1. The van der Waals surface area contributed by atoms with Crippen molar-refractivity contribution in [1.29, 1.82) is 0 Å². The van der Waals surface area contributed by atoms with E-state index in [0.717, 1.165) is 56.0 Å². The number of halogens is 1. The fourth-order valence-electron chi connectivity index (χ4n) is 3.87. The van der Waals surface area contributed by atoms with Gasteiger partial charge in [0.15, 0.2) is 0 Å². The van der Waals surface area contributed by atoms with Crippen LogP contribution in [0.25, 0.3) is 45.9 Å². The maximum Gasteiger partial charge on any atom is 0.123 e. The number of nitrogens with one attached hydrogen (secondary N) is 2. The zero-order valence-corrected chi connectivity index (χ0v) is 16.4. The molecular formula is C26H17FN4. The molecule has 0 saturated carbocycles. The van der Waals surface area contributed by atoms with Gasteiger partial charge >= 0.3 is 0 Å². The average molecular weight is 404 g/mol. The Morgan fingerprint density at radius 3 is 1.74 bits per heavy atom. The summed E-state index contributed by atoms with van der Waals surface area (Å²) in [6.07, 6.45) is 6.03. The average Bonchev–Trinajstić information content (AvgIpc) is 3.54. The lowest BCUT2D eigenvalue weighted by atomic mass is 10.0. The molecule has 0 atom stereocenters. The van der Waals surface area contributed by atoms with Gasteiger partial charge in [0, 0.05) is 27.6 Å². The Hall–Kier alpha value is -4.25. The van der Waals surface area contributed by atoms with Crippen LogP contribution in [0.3, 0.4) is 0 Å². The summed E-state index contributed by atoms with van der Waals surface area (Å²) in [5.41, 5.74) is 9.15. The molecule has 0 aliphatic carbocycles. The lowest BCUT2D eigenvalue weighted by Gasteiger charge is -2.01. The number of H-pyrrole nitrogens is 2. The first-order valence-electron chi connectivity index (χ1n) is 10.0. The molecule has 2 aliphatic rings. The Labute approximate surface area is 177 Å². The van der Waals surface area contributed by atoms with E-state index in [2.05, 4.69) is 15.0 Å². The molecule has 0 radical (unpaired) electrons. The maximum atomic E-state index is 13.5. The first-order chi connectivity index (χ1) is 15.2. The van der Waals surface area contributed by atoms with Gasteiger partial charge in [0.25, 0.3) is 0 Å². The topological polar surface area (TPSA) is 57.4 Å². The first-order valence-corrected chi connectivity index (χ1v) is 10.0. The van der Waals surface area contributed by atoms with Crippen molar-refractivity contribution in [3.8, 4) is 0 Å². The minimum atomic E-state index is -0.255. The molecule has 2 N–H and O–H groups in total. The largest absolute Gasteiger partial charge is 0.355 e. The van der Waals surface area contributed by atoms with Gasteiger partial charge in [0.05, 0.1) is 22.8 Å². The number of hydrogen-bond donors (Lipinski definition) is 2. The normalized spacial score (nSPS) is 12.7. The highest BCUT2D eigenvalue weighted by Gasteiger charge is 2.13. The van der Waals surface area contributed by atoms with E-state index in [1.165, 1.54) is 12.1 Å². The molecule has 4 aromatic rings. The van der Waals surface area contributed by atoms with Gasteiger partial charge in [-0.2, -0.15) is 0 Å². The van der Waals surface area contributed by atoms with E-state index in [1.54, 1.807) is 12.1 Å². The van der Waals surface area contributed by atoms with Crippen molar-refractivity contribution in [3.63, 3.8) is 0 Å². The van der Waals surface area contributed by atoms with Gasteiger partial charge in [-0.3, -0.25) is 0 Å². The summed E-state index contributed by atoms with van der Waals surface area (Å²) in [7, 11) is 0. The SMILES string of the molecule is Fc1ccc(C2=Cc3cc4ccc(cc5nc(cc6ccc(cc2n3)[nH]6)C=C5)[nH]4)cc1. The highest BCUT2D eigenvalue weighted by Crippen LogP contribution is 2.29. The van der Waals surface area contributed by atoms with Crippen LogP contribution >= 0.6 is 0 Å². The fourth-order valence-corrected chi connectivity index (χ4v) is 3.87. The van der Waals surface area contributed by atoms with E-state index in [0.29, 0.717) is 0 Å². The van der Waals surface area contributed by atoms with Crippen molar-refractivity contribution >= 4 is 45.9 Å². The van der Waals surface area contributed by atoms with Crippen LogP contribution in [0.4, 0.5) is 4.39 Å². The van der Waals surface area contributed by atoms with Crippen molar-refractivity contribution < 1.29 is 4.39 Å². The summed E-state index contributed by atoms with van der Waals surface area (Å²) in [4.78, 5) is 16.3. The number of rotatable bonds is 1. The molecule has 5 heterocycles. The zero-order valence-electron chi connectivity index (χ0n) is 16.4. The van der Waals surface area contributed by atoms with E-state index in [9.17, 15) is 4.39 Å². The molecule has 3 aromatic heterocycles. The highest BCUT2D eigenvalue weighted by molar-refractivity contribution is 5.93. The number of benzene rings is 1. The van der Waals surface area contributed by atoms with Gasteiger partial charge in [-0.25, -0.2) is 14.4 Å².